The number of aliphatic carboxylic acids is 1. The minimum atomic E-state index is -0.998. The summed E-state index contributed by atoms with van der Waals surface area (Å²) < 4.78 is 0. The molecule has 6 heteroatoms. The zero-order chi connectivity index (χ0) is 13.7. The third kappa shape index (κ3) is 3.32. The van der Waals surface area contributed by atoms with Gasteiger partial charge in [-0.05, 0) is 12.0 Å². The molecule has 2 aromatic rings. The van der Waals surface area contributed by atoms with Crippen molar-refractivity contribution in [2.45, 2.75) is 6.42 Å². The van der Waals surface area contributed by atoms with Crippen molar-refractivity contribution >= 4 is 5.97 Å². The topological polar surface area (TPSA) is 96.2 Å². The van der Waals surface area contributed by atoms with Crippen LogP contribution >= 0.6 is 0 Å². The predicted octanol–water partition coefficient (Wildman–Crippen LogP) is 0.774. The average Bonchev–Trinajstić information content (AvgIpc) is 2.46. The Morgan fingerprint density at radius 2 is 1.95 bits per heavy atom. The van der Waals surface area contributed by atoms with Crippen LogP contribution in [0.2, 0.25) is 0 Å². The maximum atomic E-state index is 10.8. The summed E-state index contributed by atoms with van der Waals surface area (Å²) in [5.41, 5.74) is 1.65. The molecule has 1 aromatic heterocycles. The van der Waals surface area contributed by atoms with Gasteiger partial charge in [-0.15, -0.1) is 5.10 Å². The van der Waals surface area contributed by atoms with Crippen molar-refractivity contribution in [3.05, 3.63) is 42.2 Å². The molecule has 0 saturated heterocycles. The van der Waals surface area contributed by atoms with Crippen molar-refractivity contribution in [1.82, 2.24) is 15.2 Å². The van der Waals surface area contributed by atoms with Gasteiger partial charge < -0.3 is 10.2 Å². The second-order valence-electron chi connectivity index (χ2n) is 4.09. The van der Waals surface area contributed by atoms with Gasteiger partial charge in [-0.25, -0.2) is 4.98 Å². The highest BCUT2D eigenvalue weighted by Gasteiger charge is 2.16. The van der Waals surface area contributed by atoms with Gasteiger partial charge in [0.1, 0.15) is 0 Å². The fourth-order valence-electron chi connectivity index (χ4n) is 1.68. The normalized spacial score (nSPS) is 12.1. The molecule has 0 fully saturated rings. The molecule has 0 aliphatic rings. The number of carboxylic acid groups (broad SMARTS) is 1. The first-order chi connectivity index (χ1) is 9.20. The largest absolute Gasteiger partial charge is 0.481 e. The summed E-state index contributed by atoms with van der Waals surface area (Å²) in [5.74, 6) is -1.26. The van der Waals surface area contributed by atoms with Gasteiger partial charge in [-0.2, -0.15) is 5.10 Å². The molecule has 0 aliphatic carbocycles. The van der Waals surface area contributed by atoms with E-state index in [1.807, 2.05) is 12.1 Å². The number of aliphatic hydroxyl groups excluding tert-OH is 1. The Morgan fingerprint density at radius 1 is 1.21 bits per heavy atom. The van der Waals surface area contributed by atoms with E-state index in [-0.39, 0.29) is 6.61 Å². The van der Waals surface area contributed by atoms with Crippen LogP contribution in [0.1, 0.15) is 5.56 Å². The molecular formula is C13H13N3O3. The molecular weight excluding hydrogens is 246 g/mol. The lowest BCUT2D eigenvalue weighted by Gasteiger charge is -2.09. The van der Waals surface area contributed by atoms with E-state index in [0.29, 0.717) is 12.2 Å². The van der Waals surface area contributed by atoms with Crippen LogP contribution in [0.25, 0.3) is 11.4 Å². The molecule has 1 atom stereocenters. The summed E-state index contributed by atoms with van der Waals surface area (Å²) in [5, 5.41) is 25.5. The Kier molecular flexibility index (Phi) is 4.15. The number of aromatic nitrogens is 3. The van der Waals surface area contributed by atoms with Crippen LogP contribution in [0.3, 0.4) is 0 Å². The van der Waals surface area contributed by atoms with Gasteiger partial charge in [0, 0.05) is 11.8 Å². The van der Waals surface area contributed by atoms with E-state index in [2.05, 4.69) is 15.2 Å². The molecule has 1 heterocycles. The van der Waals surface area contributed by atoms with E-state index in [4.69, 9.17) is 10.2 Å². The van der Waals surface area contributed by atoms with Gasteiger partial charge in [0.15, 0.2) is 5.82 Å². The summed E-state index contributed by atoms with van der Waals surface area (Å²) in [4.78, 5) is 14.9. The fourth-order valence-corrected chi connectivity index (χ4v) is 1.68. The van der Waals surface area contributed by atoms with Crippen LogP contribution in [-0.2, 0) is 11.2 Å². The van der Waals surface area contributed by atoms with E-state index in [1.165, 1.54) is 6.20 Å². The quantitative estimate of drug-likeness (QED) is 0.823. The number of benzene rings is 1. The van der Waals surface area contributed by atoms with Gasteiger partial charge in [0.2, 0.25) is 0 Å². The van der Waals surface area contributed by atoms with Crippen molar-refractivity contribution in [3.63, 3.8) is 0 Å². The molecule has 2 rings (SSSR count). The first-order valence-electron chi connectivity index (χ1n) is 5.77. The molecule has 98 valence electrons. The minimum absolute atomic E-state index is 0.292. The zero-order valence-corrected chi connectivity index (χ0v) is 10.1. The Bertz CT molecular complexity index is 543. The number of hydrogen-bond donors (Lipinski definition) is 2. The van der Waals surface area contributed by atoms with Crippen molar-refractivity contribution in [1.29, 1.82) is 0 Å². The predicted molar refractivity (Wildman–Crippen MR) is 67.2 cm³/mol. The number of rotatable bonds is 5. The molecule has 0 bridgehead atoms. The fraction of sp³-hybridized carbons (Fsp3) is 0.231. The van der Waals surface area contributed by atoms with Crippen LogP contribution in [0.5, 0.6) is 0 Å². The lowest BCUT2D eigenvalue weighted by Crippen LogP contribution is -2.20. The second-order valence-corrected chi connectivity index (χ2v) is 4.09. The lowest BCUT2D eigenvalue weighted by atomic mass is 9.99. The maximum Gasteiger partial charge on any atom is 0.309 e. The number of hydrogen-bond acceptors (Lipinski definition) is 5. The summed E-state index contributed by atoms with van der Waals surface area (Å²) in [6.45, 7) is -0.372. The molecule has 1 unspecified atom stereocenters. The highest BCUT2D eigenvalue weighted by molar-refractivity contribution is 5.70. The maximum absolute atomic E-state index is 10.8. The molecule has 0 spiro atoms. The third-order valence-corrected chi connectivity index (χ3v) is 2.75. The van der Waals surface area contributed by atoms with E-state index < -0.39 is 11.9 Å². The van der Waals surface area contributed by atoms with E-state index in [0.717, 1.165) is 11.1 Å². The van der Waals surface area contributed by atoms with Crippen LogP contribution in [0.15, 0.2) is 36.7 Å². The molecule has 0 radical (unpaired) electrons. The van der Waals surface area contributed by atoms with Crippen LogP contribution in [0.4, 0.5) is 0 Å². The minimum Gasteiger partial charge on any atom is -0.481 e. The van der Waals surface area contributed by atoms with Gasteiger partial charge >= 0.3 is 5.97 Å². The zero-order valence-electron chi connectivity index (χ0n) is 10.1. The smallest absolute Gasteiger partial charge is 0.309 e. The molecule has 0 aliphatic heterocycles. The highest BCUT2D eigenvalue weighted by Crippen LogP contribution is 2.16. The number of carbonyl (C=O) groups is 1. The molecule has 2 N–H and O–H groups in total. The van der Waals surface area contributed by atoms with Crippen molar-refractivity contribution in [2.75, 3.05) is 6.61 Å². The molecule has 0 saturated carbocycles. The van der Waals surface area contributed by atoms with Gasteiger partial charge in [0.05, 0.1) is 18.7 Å². The lowest BCUT2D eigenvalue weighted by molar-refractivity contribution is -0.143. The van der Waals surface area contributed by atoms with E-state index >= 15 is 0 Å². The Balaban J connectivity index is 2.13. The van der Waals surface area contributed by atoms with Gasteiger partial charge in [0.25, 0.3) is 0 Å². The number of nitrogens with zero attached hydrogens (tertiary/aromatic N) is 3. The van der Waals surface area contributed by atoms with Crippen molar-refractivity contribution < 1.29 is 15.0 Å². The average molecular weight is 259 g/mol. The Labute approximate surface area is 109 Å². The summed E-state index contributed by atoms with van der Waals surface area (Å²) >= 11 is 0. The second kappa shape index (κ2) is 6.01. The summed E-state index contributed by atoms with van der Waals surface area (Å²) in [6, 6.07) is 7.22. The van der Waals surface area contributed by atoms with Crippen molar-refractivity contribution in [3.8, 4) is 11.4 Å². The van der Waals surface area contributed by atoms with Crippen molar-refractivity contribution in [2.24, 2.45) is 5.92 Å². The molecule has 1 aromatic carbocycles. The van der Waals surface area contributed by atoms with Crippen LogP contribution < -0.4 is 0 Å². The molecule has 0 amide bonds. The van der Waals surface area contributed by atoms with E-state index in [1.54, 1.807) is 18.3 Å². The monoisotopic (exact) mass is 259 g/mol. The standard InChI is InChI=1S/C13H13N3O3/c17-8-11(13(18)19)7-9-1-3-10(4-2-9)12-14-5-6-15-16-12/h1-6,11,17H,7-8H2,(H,18,19). The molecule has 19 heavy (non-hydrogen) atoms. The Hall–Kier alpha value is -2.34. The third-order valence-electron chi connectivity index (χ3n) is 2.75. The number of aliphatic hydroxyl groups is 1. The number of carboxylic acids is 1. The molecule has 6 nitrogen and oxygen atoms in total. The summed E-state index contributed by atoms with van der Waals surface area (Å²) in [7, 11) is 0. The van der Waals surface area contributed by atoms with Crippen LogP contribution in [0, 0.1) is 5.92 Å². The highest BCUT2D eigenvalue weighted by atomic mass is 16.4. The first kappa shape index (κ1) is 13.1. The SMILES string of the molecule is O=C(O)C(CO)Cc1ccc(-c2nccnn2)cc1. The Morgan fingerprint density at radius 3 is 2.47 bits per heavy atom. The van der Waals surface area contributed by atoms with Gasteiger partial charge in [-0.3, -0.25) is 4.79 Å². The first-order valence-corrected chi connectivity index (χ1v) is 5.77. The van der Waals surface area contributed by atoms with Crippen LogP contribution in [-0.4, -0.2) is 38.0 Å². The van der Waals surface area contributed by atoms with Gasteiger partial charge in [-0.1, -0.05) is 24.3 Å². The summed E-state index contributed by atoms with van der Waals surface area (Å²) in [6.07, 6.45) is 3.35. The van der Waals surface area contributed by atoms with E-state index in [9.17, 15) is 4.79 Å².